The molecule has 0 aliphatic rings. The molecule has 2 amide bonds. The van der Waals surface area contributed by atoms with Crippen LogP contribution in [0.4, 0.5) is 11.4 Å². The van der Waals surface area contributed by atoms with Gasteiger partial charge in [0.05, 0.1) is 0 Å². The van der Waals surface area contributed by atoms with E-state index >= 15 is 0 Å². The third-order valence-electron chi connectivity index (χ3n) is 4.48. The SMILES string of the molecule is CC(C)CC(=O)Nc1ccc(NC(=O)c2cccc(OCCOc3ccccc3)c2)cc1. The minimum absolute atomic E-state index is 0.0252. The van der Waals surface area contributed by atoms with Crippen molar-refractivity contribution in [3.05, 3.63) is 84.4 Å². The number of amides is 2. The van der Waals surface area contributed by atoms with E-state index in [2.05, 4.69) is 10.6 Å². The van der Waals surface area contributed by atoms with Crippen LogP contribution in [0.15, 0.2) is 78.9 Å². The van der Waals surface area contributed by atoms with Crippen molar-refractivity contribution in [2.24, 2.45) is 5.92 Å². The molecule has 0 aliphatic heterocycles. The van der Waals surface area contributed by atoms with Gasteiger partial charge in [-0.3, -0.25) is 9.59 Å². The largest absolute Gasteiger partial charge is 0.490 e. The van der Waals surface area contributed by atoms with E-state index in [4.69, 9.17) is 9.47 Å². The Morgan fingerprint density at radius 2 is 1.34 bits per heavy atom. The van der Waals surface area contributed by atoms with Crippen LogP contribution < -0.4 is 20.1 Å². The van der Waals surface area contributed by atoms with Crippen molar-refractivity contribution in [3.63, 3.8) is 0 Å². The number of nitrogens with one attached hydrogen (secondary N) is 2. The minimum Gasteiger partial charge on any atom is -0.490 e. The van der Waals surface area contributed by atoms with Crippen molar-refractivity contribution in [1.29, 1.82) is 0 Å². The van der Waals surface area contributed by atoms with Crippen LogP contribution in [0.3, 0.4) is 0 Å². The summed E-state index contributed by atoms with van der Waals surface area (Å²) in [6.45, 7) is 4.76. The fourth-order valence-electron chi connectivity index (χ4n) is 2.99. The number of hydrogen-bond acceptors (Lipinski definition) is 4. The summed E-state index contributed by atoms with van der Waals surface area (Å²) >= 11 is 0. The Kier molecular flexibility index (Phi) is 8.26. The van der Waals surface area contributed by atoms with Crippen LogP contribution >= 0.6 is 0 Å². The van der Waals surface area contributed by atoms with Gasteiger partial charge in [0, 0.05) is 23.4 Å². The monoisotopic (exact) mass is 432 g/mol. The van der Waals surface area contributed by atoms with E-state index in [9.17, 15) is 9.59 Å². The lowest BCUT2D eigenvalue weighted by atomic mass is 10.1. The number of para-hydroxylation sites is 1. The Morgan fingerprint density at radius 1 is 0.750 bits per heavy atom. The van der Waals surface area contributed by atoms with Crippen LogP contribution in [-0.2, 0) is 4.79 Å². The molecule has 0 saturated heterocycles. The van der Waals surface area contributed by atoms with E-state index in [0.717, 1.165) is 5.75 Å². The zero-order chi connectivity index (χ0) is 22.8. The third kappa shape index (κ3) is 7.47. The summed E-state index contributed by atoms with van der Waals surface area (Å²) < 4.78 is 11.3. The highest BCUT2D eigenvalue weighted by Crippen LogP contribution is 2.18. The average Bonchev–Trinajstić information content (AvgIpc) is 2.78. The fraction of sp³-hybridized carbons (Fsp3) is 0.231. The Bertz CT molecular complexity index is 1020. The number of hydrogen-bond donors (Lipinski definition) is 2. The molecule has 0 radical (unpaired) electrons. The number of rotatable bonds is 10. The van der Waals surface area contributed by atoms with Crippen molar-refractivity contribution >= 4 is 23.2 Å². The summed E-state index contributed by atoms with van der Waals surface area (Å²) in [6.07, 6.45) is 0.468. The Balaban J connectivity index is 1.49. The number of anilines is 2. The lowest BCUT2D eigenvalue weighted by Gasteiger charge is -2.11. The number of carbonyl (C=O) groups excluding carboxylic acids is 2. The maximum atomic E-state index is 12.6. The number of ether oxygens (including phenoxy) is 2. The molecule has 3 rings (SSSR count). The van der Waals surface area contributed by atoms with Gasteiger partial charge in [-0.1, -0.05) is 38.1 Å². The molecule has 0 spiro atoms. The van der Waals surface area contributed by atoms with Gasteiger partial charge >= 0.3 is 0 Å². The topological polar surface area (TPSA) is 76.7 Å². The van der Waals surface area contributed by atoms with Crippen molar-refractivity contribution in [3.8, 4) is 11.5 Å². The number of carbonyl (C=O) groups is 2. The number of benzene rings is 3. The second kappa shape index (κ2) is 11.6. The van der Waals surface area contributed by atoms with E-state index in [1.54, 1.807) is 48.5 Å². The maximum absolute atomic E-state index is 12.6. The van der Waals surface area contributed by atoms with E-state index in [0.29, 0.717) is 48.2 Å². The first-order chi connectivity index (χ1) is 15.5. The molecule has 3 aromatic rings. The van der Waals surface area contributed by atoms with Crippen molar-refractivity contribution in [1.82, 2.24) is 0 Å². The first-order valence-corrected chi connectivity index (χ1v) is 10.6. The van der Waals surface area contributed by atoms with Gasteiger partial charge in [-0.25, -0.2) is 0 Å². The summed E-state index contributed by atoms with van der Waals surface area (Å²) in [5.74, 6) is 1.41. The minimum atomic E-state index is -0.243. The molecule has 0 atom stereocenters. The predicted octanol–water partition coefficient (Wildman–Crippen LogP) is 5.38. The molecule has 0 fully saturated rings. The first-order valence-electron chi connectivity index (χ1n) is 10.6. The van der Waals surface area contributed by atoms with Crippen LogP contribution in [-0.4, -0.2) is 25.0 Å². The lowest BCUT2D eigenvalue weighted by molar-refractivity contribution is -0.116. The normalized spacial score (nSPS) is 10.5. The molecule has 166 valence electrons. The predicted molar refractivity (Wildman–Crippen MR) is 126 cm³/mol. The highest BCUT2D eigenvalue weighted by Gasteiger charge is 2.09. The Hall–Kier alpha value is -3.80. The van der Waals surface area contributed by atoms with Gasteiger partial charge in [0.1, 0.15) is 24.7 Å². The molecular weight excluding hydrogens is 404 g/mol. The standard InChI is InChI=1S/C26H28N2O4/c1-19(2)17-25(29)27-21-11-13-22(14-12-21)28-26(30)20-7-6-10-24(18-20)32-16-15-31-23-8-4-3-5-9-23/h3-14,18-19H,15-17H2,1-2H3,(H,27,29)(H,28,30). The summed E-state index contributed by atoms with van der Waals surface area (Å²) in [5.41, 5.74) is 1.82. The second-order valence-corrected chi connectivity index (χ2v) is 7.72. The van der Waals surface area contributed by atoms with Crippen LogP contribution in [0.1, 0.15) is 30.6 Å². The molecule has 3 aromatic carbocycles. The van der Waals surface area contributed by atoms with Gasteiger partial charge in [0.2, 0.25) is 5.91 Å². The third-order valence-corrected chi connectivity index (χ3v) is 4.48. The molecule has 0 bridgehead atoms. The van der Waals surface area contributed by atoms with E-state index in [1.807, 2.05) is 44.2 Å². The van der Waals surface area contributed by atoms with Crippen molar-refractivity contribution in [2.45, 2.75) is 20.3 Å². The molecule has 32 heavy (non-hydrogen) atoms. The van der Waals surface area contributed by atoms with Crippen LogP contribution in [0.25, 0.3) is 0 Å². The van der Waals surface area contributed by atoms with Crippen molar-refractivity contribution in [2.75, 3.05) is 23.8 Å². The Labute approximate surface area is 188 Å². The highest BCUT2D eigenvalue weighted by molar-refractivity contribution is 6.04. The molecule has 2 N–H and O–H groups in total. The zero-order valence-electron chi connectivity index (χ0n) is 18.3. The second-order valence-electron chi connectivity index (χ2n) is 7.72. The van der Waals surface area contributed by atoms with Crippen LogP contribution in [0.2, 0.25) is 0 Å². The van der Waals surface area contributed by atoms with Gasteiger partial charge in [0.25, 0.3) is 5.91 Å². The summed E-state index contributed by atoms with van der Waals surface area (Å²) in [6, 6.07) is 23.6. The van der Waals surface area contributed by atoms with Gasteiger partial charge in [-0.2, -0.15) is 0 Å². The van der Waals surface area contributed by atoms with Gasteiger partial charge in [0.15, 0.2) is 0 Å². The summed E-state index contributed by atoms with van der Waals surface area (Å²) in [7, 11) is 0. The smallest absolute Gasteiger partial charge is 0.255 e. The zero-order valence-corrected chi connectivity index (χ0v) is 18.3. The molecule has 6 heteroatoms. The summed E-state index contributed by atoms with van der Waals surface area (Å²) in [5, 5.41) is 5.70. The summed E-state index contributed by atoms with van der Waals surface area (Å²) in [4.78, 5) is 24.5. The quantitative estimate of drug-likeness (QED) is 0.422. The van der Waals surface area contributed by atoms with E-state index in [1.165, 1.54) is 0 Å². The molecule has 0 heterocycles. The first kappa shape index (κ1) is 22.9. The van der Waals surface area contributed by atoms with Gasteiger partial charge < -0.3 is 20.1 Å². The highest BCUT2D eigenvalue weighted by atomic mass is 16.5. The van der Waals surface area contributed by atoms with Crippen LogP contribution in [0.5, 0.6) is 11.5 Å². The lowest BCUT2D eigenvalue weighted by Crippen LogP contribution is -2.14. The van der Waals surface area contributed by atoms with E-state index < -0.39 is 0 Å². The van der Waals surface area contributed by atoms with Crippen LogP contribution in [0, 0.1) is 5.92 Å². The molecule has 0 unspecified atom stereocenters. The molecule has 0 saturated carbocycles. The molecular formula is C26H28N2O4. The van der Waals surface area contributed by atoms with Gasteiger partial charge in [-0.15, -0.1) is 0 Å². The fourth-order valence-corrected chi connectivity index (χ4v) is 2.99. The average molecular weight is 433 g/mol. The van der Waals surface area contributed by atoms with Crippen molar-refractivity contribution < 1.29 is 19.1 Å². The molecule has 0 aromatic heterocycles. The molecule has 0 aliphatic carbocycles. The van der Waals surface area contributed by atoms with Gasteiger partial charge in [-0.05, 0) is 60.5 Å². The Morgan fingerprint density at radius 3 is 2.00 bits per heavy atom. The molecule has 6 nitrogen and oxygen atoms in total. The van der Waals surface area contributed by atoms with E-state index in [-0.39, 0.29) is 11.8 Å². The maximum Gasteiger partial charge on any atom is 0.255 e.